The maximum atomic E-state index is 12.4. The standard InChI is InChI=1S/C16H12F2O2/c1-11(15(17)18)12-7-9-14(10-8-12)20-16(19)13-5-3-2-4-6-13/h2-10H,1H3. The molecule has 0 spiro atoms. The van der Waals surface area contributed by atoms with Gasteiger partial charge in [-0.3, -0.25) is 0 Å². The predicted molar refractivity (Wildman–Crippen MR) is 72.7 cm³/mol. The molecule has 0 saturated carbocycles. The number of carbonyl (C=O) groups excluding carboxylic acids is 1. The van der Waals surface area contributed by atoms with Crippen LogP contribution in [0.25, 0.3) is 5.57 Å². The van der Waals surface area contributed by atoms with E-state index in [1.165, 1.54) is 31.2 Å². The first-order valence-corrected chi connectivity index (χ1v) is 5.97. The Labute approximate surface area is 115 Å². The highest BCUT2D eigenvalue weighted by atomic mass is 19.3. The lowest BCUT2D eigenvalue weighted by molar-refractivity contribution is 0.0734. The molecule has 0 heterocycles. The number of carbonyl (C=O) groups is 1. The van der Waals surface area contributed by atoms with Crippen molar-refractivity contribution >= 4 is 11.5 Å². The van der Waals surface area contributed by atoms with Gasteiger partial charge >= 0.3 is 5.97 Å². The van der Waals surface area contributed by atoms with Gasteiger partial charge in [-0.25, -0.2) is 4.79 Å². The van der Waals surface area contributed by atoms with Crippen molar-refractivity contribution < 1.29 is 18.3 Å². The van der Waals surface area contributed by atoms with Crippen LogP contribution in [0, 0.1) is 0 Å². The molecule has 0 amide bonds. The van der Waals surface area contributed by atoms with Gasteiger partial charge in [0.05, 0.1) is 5.56 Å². The van der Waals surface area contributed by atoms with Gasteiger partial charge in [-0.1, -0.05) is 30.3 Å². The van der Waals surface area contributed by atoms with Crippen molar-refractivity contribution in [3.63, 3.8) is 0 Å². The second-order valence-electron chi connectivity index (χ2n) is 4.17. The third kappa shape index (κ3) is 3.29. The molecular weight excluding hydrogens is 262 g/mol. The lowest BCUT2D eigenvalue weighted by Crippen LogP contribution is -2.07. The van der Waals surface area contributed by atoms with E-state index in [4.69, 9.17) is 4.74 Å². The number of ether oxygens (including phenoxy) is 1. The quantitative estimate of drug-likeness (QED) is 0.607. The van der Waals surface area contributed by atoms with E-state index in [0.29, 0.717) is 16.9 Å². The van der Waals surface area contributed by atoms with E-state index in [1.54, 1.807) is 30.3 Å². The molecule has 0 N–H and O–H groups in total. The largest absolute Gasteiger partial charge is 0.423 e. The van der Waals surface area contributed by atoms with Crippen LogP contribution in [0.5, 0.6) is 5.75 Å². The second-order valence-corrected chi connectivity index (χ2v) is 4.17. The van der Waals surface area contributed by atoms with Crippen LogP contribution in [0.4, 0.5) is 8.78 Å². The molecule has 0 aromatic heterocycles. The van der Waals surface area contributed by atoms with Crippen molar-refractivity contribution in [2.24, 2.45) is 0 Å². The van der Waals surface area contributed by atoms with Crippen LogP contribution in [-0.2, 0) is 0 Å². The number of halogens is 2. The summed E-state index contributed by atoms with van der Waals surface area (Å²) in [5, 5.41) is 0. The van der Waals surface area contributed by atoms with E-state index in [9.17, 15) is 13.6 Å². The zero-order valence-electron chi connectivity index (χ0n) is 10.8. The number of rotatable bonds is 3. The molecule has 20 heavy (non-hydrogen) atoms. The fraction of sp³-hybridized carbons (Fsp3) is 0.0625. The van der Waals surface area contributed by atoms with Gasteiger partial charge in [0.2, 0.25) is 0 Å². The molecule has 102 valence electrons. The van der Waals surface area contributed by atoms with Gasteiger partial charge in [-0.15, -0.1) is 0 Å². The lowest BCUT2D eigenvalue weighted by atomic mass is 10.1. The summed E-state index contributed by atoms with van der Waals surface area (Å²) in [6, 6.07) is 14.5. The van der Waals surface area contributed by atoms with E-state index >= 15 is 0 Å². The second kappa shape index (κ2) is 6.10. The first kappa shape index (κ1) is 13.9. The van der Waals surface area contributed by atoms with Crippen LogP contribution in [0.2, 0.25) is 0 Å². The zero-order valence-corrected chi connectivity index (χ0v) is 10.8. The molecule has 2 rings (SSSR count). The van der Waals surface area contributed by atoms with Crippen LogP contribution in [0.15, 0.2) is 60.7 Å². The van der Waals surface area contributed by atoms with Crippen molar-refractivity contribution in [2.45, 2.75) is 6.92 Å². The van der Waals surface area contributed by atoms with E-state index in [2.05, 4.69) is 0 Å². The molecule has 0 aliphatic heterocycles. The van der Waals surface area contributed by atoms with Gasteiger partial charge in [-0.2, -0.15) is 8.78 Å². The first-order chi connectivity index (χ1) is 9.58. The van der Waals surface area contributed by atoms with Crippen LogP contribution < -0.4 is 4.74 Å². The zero-order chi connectivity index (χ0) is 14.5. The summed E-state index contributed by atoms with van der Waals surface area (Å²) in [5.74, 6) is -0.169. The van der Waals surface area contributed by atoms with Gasteiger partial charge in [0.15, 0.2) is 0 Å². The molecule has 2 aromatic rings. The van der Waals surface area contributed by atoms with Crippen LogP contribution in [0.3, 0.4) is 0 Å². The van der Waals surface area contributed by atoms with E-state index < -0.39 is 12.0 Å². The van der Waals surface area contributed by atoms with E-state index in [1.807, 2.05) is 0 Å². The number of benzene rings is 2. The molecule has 0 unspecified atom stereocenters. The third-order valence-electron chi connectivity index (χ3n) is 2.79. The van der Waals surface area contributed by atoms with Crippen molar-refractivity contribution in [3.8, 4) is 5.75 Å². The maximum absolute atomic E-state index is 12.4. The number of esters is 1. The Kier molecular flexibility index (Phi) is 4.25. The van der Waals surface area contributed by atoms with Crippen LogP contribution in [0.1, 0.15) is 22.8 Å². The summed E-state index contributed by atoms with van der Waals surface area (Å²) in [6.45, 7) is 1.33. The maximum Gasteiger partial charge on any atom is 0.343 e. The SMILES string of the molecule is CC(=C(F)F)c1ccc(OC(=O)c2ccccc2)cc1. The predicted octanol–water partition coefficient (Wildman–Crippen LogP) is 4.53. The summed E-state index contributed by atoms with van der Waals surface area (Å²) in [4.78, 5) is 11.8. The van der Waals surface area contributed by atoms with Crippen molar-refractivity contribution in [1.82, 2.24) is 0 Å². The average Bonchev–Trinajstić information content (AvgIpc) is 2.48. The molecule has 0 radical (unpaired) electrons. The van der Waals surface area contributed by atoms with Crippen molar-refractivity contribution in [3.05, 3.63) is 71.8 Å². The third-order valence-corrected chi connectivity index (χ3v) is 2.79. The van der Waals surface area contributed by atoms with Crippen molar-refractivity contribution in [1.29, 1.82) is 0 Å². The minimum Gasteiger partial charge on any atom is -0.423 e. The summed E-state index contributed by atoms with van der Waals surface area (Å²) in [6.07, 6.45) is -1.72. The van der Waals surface area contributed by atoms with Crippen molar-refractivity contribution in [2.75, 3.05) is 0 Å². The lowest BCUT2D eigenvalue weighted by Gasteiger charge is -2.05. The Morgan fingerprint density at radius 2 is 1.50 bits per heavy atom. The molecule has 0 fully saturated rings. The monoisotopic (exact) mass is 274 g/mol. The highest BCUT2D eigenvalue weighted by molar-refractivity contribution is 5.91. The average molecular weight is 274 g/mol. The highest BCUT2D eigenvalue weighted by Gasteiger charge is 2.08. The highest BCUT2D eigenvalue weighted by Crippen LogP contribution is 2.22. The molecule has 0 bridgehead atoms. The van der Waals surface area contributed by atoms with Gasteiger partial charge in [0.1, 0.15) is 5.75 Å². The number of hydrogen-bond acceptors (Lipinski definition) is 2. The van der Waals surface area contributed by atoms with Crippen LogP contribution in [-0.4, -0.2) is 5.97 Å². The molecule has 2 nitrogen and oxygen atoms in total. The summed E-state index contributed by atoms with van der Waals surface area (Å²) < 4.78 is 30.0. The normalized spacial score (nSPS) is 9.95. The van der Waals surface area contributed by atoms with Gasteiger partial charge in [-0.05, 0) is 36.8 Å². The fourth-order valence-corrected chi connectivity index (χ4v) is 1.62. The Balaban J connectivity index is 2.12. The molecule has 0 saturated heterocycles. The van der Waals surface area contributed by atoms with Gasteiger partial charge in [0, 0.05) is 5.57 Å². The molecule has 4 heteroatoms. The molecule has 0 atom stereocenters. The summed E-state index contributed by atoms with van der Waals surface area (Å²) >= 11 is 0. The molecular formula is C16H12F2O2. The first-order valence-electron chi connectivity index (χ1n) is 5.97. The number of hydrogen-bond donors (Lipinski definition) is 0. The molecule has 0 aliphatic rings. The fourth-order valence-electron chi connectivity index (χ4n) is 1.62. The van der Waals surface area contributed by atoms with Gasteiger partial charge in [0.25, 0.3) is 6.08 Å². The number of allylic oxidation sites excluding steroid dienone is 1. The molecule has 2 aromatic carbocycles. The van der Waals surface area contributed by atoms with E-state index in [-0.39, 0.29) is 5.57 Å². The minimum absolute atomic E-state index is 0.0917. The Hall–Kier alpha value is -2.49. The van der Waals surface area contributed by atoms with Gasteiger partial charge < -0.3 is 4.74 Å². The van der Waals surface area contributed by atoms with E-state index in [0.717, 1.165) is 0 Å². The topological polar surface area (TPSA) is 26.3 Å². The Morgan fingerprint density at radius 3 is 2.05 bits per heavy atom. The summed E-state index contributed by atoms with van der Waals surface area (Å²) in [5.41, 5.74) is 0.734. The van der Waals surface area contributed by atoms with Crippen LogP contribution >= 0.6 is 0 Å². The Bertz CT molecular complexity index is 627. The molecule has 0 aliphatic carbocycles. The summed E-state index contributed by atoms with van der Waals surface area (Å²) in [7, 11) is 0. The minimum atomic E-state index is -1.72. The smallest absolute Gasteiger partial charge is 0.343 e. The Morgan fingerprint density at radius 1 is 0.900 bits per heavy atom.